The van der Waals surface area contributed by atoms with Crippen molar-refractivity contribution >= 4 is 15.8 Å². The van der Waals surface area contributed by atoms with E-state index in [4.69, 9.17) is 5.26 Å². The zero-order valence-corrected chi connectivity index (χ0v) is 9.40. The summed E-state index contributed by atoms with van der Waals surface area (Å²) in [5.41, 5.74) is 0.143. The van der Waals surface area contributed by atoms with Crippen molar-refractivity contribution in [2.45, 2.75) is 4.90 Å². The minimum Gasteiger partial charge on any atom is -0.263 e. The summed E-state index contributed by atoms with van der Waals surface area (Å²) in [6.07, 6.45) is 1.25. The quantitative estimate of drug-likeness (QED) is 0.849. The number of anilines is 1. The van der Waals surface area contributed by atoms with Crippen LogP contribution in [0.5, 0.6) is 0 Å². The van der Waals surface area contributed by atoms with Gasteiger partial charge in [-0.1, -0.05) is 18.2 Å². The molecule has 0 amide bonds. The van der Waals surface area contributed by atoms with E-state index in [-0.39, 0.29) is 16.3 Å². The number of rotatable bonds is 3. The molecule has 2 rings (SSSR count). The first-order valence-corrected chi connectivity index (χ1v) is 6.13. The number of hydrogen-bond acceptors (Lipinski definition) is 4. The van der Waals surface area contributed by atoms with Gasteiger partial charge in [-0.2, -0.15) is 10.4 Å². The Morgan fingerprint density at radius 1 is 1.29 bits per heavy atom. The molecular weight excluding hydrogens is 240 g/mol. The normalized spacial score (nSPS) is 10.8. The Balaban J connectivity index is 2.34. The van der Waals surface area contributed by atoms with Crippen LogP contribution in [-0.2, 0) is 10.0 Å². The molecule has 17 heavy (non-hydrogen) atoms. The first kappa shape index (κ1) is 11.2. The van der Waals surface area contributed by atoms with Crippen LogP contribution in [0.15, 0.2) is 41.4 Å². The molecular formula is C10H8N4O2S. The minimum absolute atomic E-state index is 0.0661. The van der Waals surface area contributed by atoms with Crippen LogP contribution in [0.4, 0.5) is 5.82 Å². The lowest BCUT2D eigenvalue weighted by molar-refractivity contribution is 0.601. The lowest BCUT2D eigenvalue weighted by Gasteiger charge is -2.05. The maximum absolute atomic E-state index is 11.9. The van der Waals surface area contributed by atoms with Crippen LogP contribution < -0.4 is 4.72 Å². The minimum atomic E-state index is -3.69. The van der Waals surface area contributed by atoms with Gasteiger partial charge in [0.05, 0.1) is 11.1 Å². The highest BCUT2D eigenvalue weighted by Gasteiger charge is 2.16. The molecule has 0 aliphatic heterocycles. The van der Waals surface area contributed by atoms with E-state index in [1.165, 1.54) is 18.3 Å². The van der Waals surface area contributed by atoms with E-state index >= 15 is 0 Å². The summed E-state index contributed by atoms with van der Waals surface area (Å²) in [5.74, 6) is 0.0661. The SMILES string of the molecule is N#Cc1cn[nH]c1NS(=O)(=O)c1ccccc1. The van der Waals surface area contributed by atoms with Gasteiger partial charge < -0.3 is 0 Å². The first-order chi connectivity index (χ1) is 8.13. The molecule has 6 nitrogen and oxygen atoms in total. The van der Waals surface area contributed by atoms with Crippen molar-refractivity contribution in [2.75, 3.05) is 4.72 Å². The van der Waals surface area contributed by atoms with Crippen LogP contribution in [0.3, 0.4) is 0 Å². The van der Waals surface area contributed by atoms with Gasteiger partial charge >= 0.3 is 0 Å². The fraction of sp³-hybridized carbons (Fsp3) is 0. The zero-order chi connectivity index (χ0) is 12.3. The number of nitriles is 1. The summed E-state index contributed by atoms with van der Waals surface area (Å²) in [7, 11) is -3.69. The fourth-order valence-corrected chi connectivity index (χ4v) is 2.30. The molecule has 0 saturated heterocycles. The predicted molar refractivity (Wildman–Crippen MR) is 60.6 cm³/mol. The molecule has 1 aromatic heterocycles. The molecule has 2 aromatic rings. The van der Waals surface area contributed by atoms with Gasteiger partial charge in [-0.05, 0) is 12.1 Å². The topological polar surface area (TPSA) is 98.6 Å². The molecule has 0 aliphatic carbocycles. The number of hydrogen-bond donors (Lipinski definition) is 2. The number of sulfonamides is 1. The van der Waals surface area contributed by atoms with E-state index < -0.39 is 10.0 Å². The number of benzene rings is 1. The molecule has 86 valence electrons. The fourth-order valence-electron chi connectivity index (χ4n) is 1.24. The number of H-pyrrole nitrogens is 1. The van der Waals surface area contributed by atoms with Crippen molar-refractivity contribution in [3.05, 3.63) is 42.1 Å². The second kappa shape index (κ2) is 4.27. The van der Waals surface area contributed by atoms with Crippen LogP contribution >= 0.6 is 0 Å². The maximum atomic E-state index is 11.9. The average Bonchev–Trinajstić information content (AvgIpc) is 2.77. The van der Waals surface area contributed by atoms with Crippen LogP contribution in [0.25, 0.3) is 0 Å². The number of aromatic nitrogens is 2. The van der Waals surface area contributed by atoms with E-state index in [9.17, 15) is 8.42 Å². The second-order valence-electron chi connectivity index (χ2n) is 3.19. The Bertz CT molecular complexity index is 655. The Morgan fingerprint density at radius 2 is 2.00 bits per heavy atom. The van der Waals surface area contributed by atoms with Crippen molar-refractivity contribution < 1.29 is 8.42 Å². The van der Waals surface area contributed by atoms with E-state index in [2.05, 4.69) is 14.9 Å². The van der Waals surface area contributed by atoms with Gasteiger partial charge in [-0.25, -0.2) is 8.42 Å². The van der Waals surface area contributed by atoms with E-state index in [0.717, 1.165) is 0 Å². The molecule has 7 heteroatoms. The van der Waals surface area contributed by atoms with Crippen molar-refractivity contribution in [1.82, 2.24) is 10.2 Å². The Kier molecular flexibility index (Phi) is 2.80. The first-order valence-electron chi connectivity index (χ1n) is 4.65. The summed E-state index contributed by atoms with van der Waals surface area (Å²) in [5, 5.41) is 14.7. The molecule has 0 spiro atoms. The van der Waals surface area contributed by atoms with Crippen molar-refractivity contribution in [3.8, 4) is 6.07 Å². The van der Waals surface area contributed by atoms with Crippen molar-refractivity contribution in [3.63, 3.8) is 0 Å². The van der Waals surface area contributed by atoms with Crippen LogP contribution in [-0.4, -0.2) is 18.6 Å². The molecule has 0 radical (unpaired) electrons. The van der Waals surface area contributed by atoms with E-state index in [0.29, 0.717) is 0 Å². The van der Waals surface area contributed by atoms with Gasteiger partial charge in [0, 0.05) is 0 Å². The maximum Gasteiger partial charge on any atom is 0.263 e. The highest BCUT2D eigenvalue weighted by Crippen LogP contribution is 2.16. The van der Waals surface area contributed by atoms with Gasteiger partial charge in [0.25, 0.3) is 10.0 Å². The summed E-state index contributed by atoms with van der Waals surface area (Å²) in [6.45, 7) is 0. The molecule has 2 N–H and O–H groups in total. The van der Waals surface area contributed by atoms with E-state index in [1.54, 1.807) is 18.2 Å². The largest absolute Gasteiger partial charge is 0.263 e. The van der Waals surface area contributed by atoms with Gasteiger partial charge in [-0.3, -0.25) is 9.82 Å². The van der Waals surface area contributed by atoms with Gasteiger partial charge in [0.15, 0.2) is 5.82 Å². The Hall–Kier alpha value is -2.33. The summed E-state index contributed by atoms with van der Waals surface area (Å²) in [6, 6.07) is 9.71. The lowest BCUT2D eigenvalue weighted by Crippen LogP contribution is -2.13. The summed E-state index contributed by atoms with van der Waals surface area (Å²) < 4.78 is 26.1. The molecule has 1 heterocycles. The molecule has 0 aliphatic rings. The van der Waals surface area contributed by atoms with Crippen molar-refractivity contribution in [1.29, 1.82) is 5.26 Å². The predicted octanol–water partition coefficient (Wildman–Crippen LogP) is 1.08. The van der Waals surface area contributed by atoms with Crippen LogP contribution in [0.2, 0.25) is 0 Å². The third-order valence-corrected chi connectivity index (χ3v) is 3.42. The second-order valence-corrected chi connectivity index (χ2v) is 4.87. The molecule has 0 fully saturated rings. The summed E-state index contributed by atoms with van der Waals surface area (Å²) in [4.78, 5) is 0.124. The number of nitrogens with one attached hydrogen (secondary N) is 2. The van der Waals surface area contributed by atoms with E-state index in [1.807, 2.05) is 6.07 Å². The highest BCUT2D eigenvalue weighted by atomic mass is 32.2. The van der Waals surface area contributed by atoms with Gasteiger partial charge in [0.2, 0.25) is 0 Å². The van der Waals surface area contributed by atoms with Crippen LogP contribution in [0.1, 0.15) is 5.56 Å². The number of aromatic amines is 1. The lowest BCUT2D eigenvalue weighted by atomic mass is 10.4. The van der Waals surface area contributed by atoms with Gasteiger partial charge in [-0.15, -0.1) is 0 Å². The molecule has 1 aromatic carbocycles. The molecule has 0 atom stereocenters. The highest BCUT2D eigenvalue weighted by molar-refractivity contribution is 7.92. The Morgan fingerprint density at radius 3 is 2.65 bits per heavy atom. The third-order valence-electron chi connectivity index (χ3n) is 2.05. The molecule has 0 bridgehead atoms. The molecule has 0 unspecified atom stereocenters. The zero-order valence-electron chi connectivity index (χ0n) is 8.58. The molecule has 0 saturated carbocycles. The van der Waals surface area contributed by atoms with Gasteiger partial charge in [0.1, 0.15) is 11.6 Å². The smallest absolute Gasteiger partial charge is 0.263 e. The summed E-state index contributed by atoms with van der Waals surface area (Å²) >= 11 is 0. The standard InChI is InChI=1S/C10H8N4O2S/c11-6-8-7-12-13-10(8)14-17(15,16)9-4-2-1-3-5-9/h1-5,7H,(H2,12,13,14). The average molecular weight is 248 g/mol. The van der Waals surface area contributed by atoms with Crippen molar-refractivity contribution in [2.24, 2.45) is 0 Å². The third kappa shape index (κ3) is 2.26. The Labute approximate surface area is 98.0 Å². The number of nitrogens with zero attached hydrogens (tertiary/aromatic N) is 2. The monoisotopic (exact) mass is 248 g/mol. The van der Waals surface area contributed by atoms with Crippen LogP contribution in [0, 0.1) is 11.3 Å².